The number of nitrogens with one attached hydrogen (secondary N) is 1. The molecule has 0 saturated carbocycles. The Morgan fingerprint density at radius 2 is 1.80 bits per heavy atom. The van der Waals surface area contributed by atoms with Crippen molar-refractivity contribution in [2.75, 3.05) is 5.32 Å². The third-order valence-electron chi connectivity index (χ3n) is 4.53. The van der Waals surface area contributed by atoms with E-state index in [0.29, 0.717) is 16.9 Å². The van der Waals surface area contributed by atoms with Crippen molar-refractivity contribution in [2.24, 2.45) is 0 Å². The van der Waals surface area contributed by atoms with Crippen LogP contribution in [0.25, 0.3) is 27.5 Å². The van der Waals surface area contributed by atoms with Crippen molar-refractivity contribution in [1.82, 2.24) is 19.4 Å². The minimum Gasteiger partial charge on any atom is -0.322 e. The number of thiophene rings is 1. The maximum absolute atomic E-state index is 13.1. The van der Waals surface area contributed by atoms with Crippen molar-refractivity contribution in [1.29, 1.82) is 0 Å². The van der Waals surface area contributed by atoms with E-state index in [4.69, 9.17) is 0 Å². The highest BCUT2D eigenvalue weighted by molar-refractivity contribution is 7.13. The predicted molar refractivity (Wildman–Crippen MR) is 120 cm³/mol. The average Bonchev–Trinajstić information content (AvgIpc) is 3.56. The molecule has 0 spiro atoms. The number of benzene rings is 2. The number of aromatic nitrogens is 4. The molecule has 5 rings (SSSR count). The lowest BCUT2D eigenvalue weighted by atomic mass is 10.1. The average molecular weight is 430 g/mol. The number of hydrogen-bond acceptors (Lipinski definition) is 6. The van der Waals surface area contributed by atoms with Crippen LogP contribution in [0.4, 0.5) is 5.69 Å². The van der Waals surface area contributed by atoms with E-state index in [9.17, 15) is 4.79 Å². The summed E-state index contributed by atoms with van der Waals surface area (Å²) in [7, 11) is 0. The smallest absolute Gasteiger partial charge is 0.259 e. The van der Waals surface area contributed by atoms with E-state index in [1.54, 1.807) is 22.2 Å². The molecule has 3 aromatic heterocycles. The molecule has 8 heteroatoms. The summed E-state index contributed by atoms with van der Waals surface area (Å²) in [6, 6.07) is 21.2. The summed E-state index contributed by atoms with van der Waals surface area (Å²) < 4.78 is 5.62. The molecule has 0 fully saturated rings. The van der Waals surface area contributed by atoms with Gasteiger partial charge in [0.25, 0.3) is 5.91 Å². The first-order valence-corrected chi connectivity index (χ1v) is 10.9. The van der Waals surface area contributed by atoms with E-state index < -0.39 is 0 Å². The van der Waals surface area contributed by atoms with Crippen molar-refractivity contribution >= 4 is 34.5 Å². The molecule has 0 aliphatic carbocycles. The van der Waals surface area contributed by atoms with Gasteiger partial charge in [-0.15, -0.1) is 16.4 Å². The third-order valence-corrected chi connectivity index (χ3v) is 5.91. The molecule has 0 aliphatic rings. The molecule has 0 radical (unpaired) electrons. The van der Waals surface area contributed by atoms with Gasteiger partial charge in [0.15, 0.2) is 0 Å². The Morgan fingerprint density at radius 3 is 2.50 bits per heavy atom. The molecule has 3 heterocycles. The van der Waals surface area contributed by atoms with Gasteiger partial charge >= 0.3 is 0 Å². The van der Waals surface area contributed by atoms with Gasteiger partial charge in [0.2, 0.25) is 0 Å². The molecule has 6 nitrogen and oxygen atoms in total. The Balaban J connectivity index is 1.45. The van der Waals surface area contributed by atoms with Gasteiger partial charge in [-0.05, 0) is 47.2 Å². The van der Waals surface area contributed by atoms with Gasteiger partial charge in [0, 0.05) is 22.8 Å². The van der Waals surface area contributed by atoms with Crippen molar-refractivity contribution < 1.29 is 4.79 Å². The SMILES string of the molecule is O=C(Nc1ccc(-c2csnn2)cc1)c1cn(-c2ccccc2)nc1-c1cccs1. The van der Waals surface area contributed by atoms with Crippen LogP contribution in [0.3, 0.4) is 0 Å². The van der Waals surface area contributed by atoms with Crippen LogP contribution in [-0.4, -0.2) is 25.3 Å². The standard InChI is InChI=1S/C22H15N5OS2/c28-22(23-16-10-8-15(9-11-16)19-14-30-26-24-19)18-13-27(17-5-2-1-3-6-17)25-21(18)20-7-4-12-29-20/h1-14H,(H,23,28). The molecule has 0 aliphatic heterocycles. The molecular weight excluding hydrogens is 414 g/mol. The molecule has 30 heavy (non-hydrogen) atoms. The maximum Gasteiger partial charge on any atom is 0.259 e. The predicted octanol–water partition coefficient (Wildman–Crippen LogP) is 5.37. The highest BCUT2D eigenvalue weighted by atomic mass is 32.1. The zero-order valence-corrected chi connectivity index (χ0v) is 17.2. The zero-order chi connectivity index (χ0) is 20.3. The normalized spacial score (nSPS) is 10.8. The van der Waals surface area contributed by atoms with Crippen molar-refractivity contribution in [3.05, 3.63) is 89.3 Å². The van der Waals surface area contributed by atoms with Gasteiger partial charge < -0.3 is 5.32 Å². The minimum atomic E-state index is -0.205. The summed E-state index contributed by atoms with van der Waals surface area (Å²) in [5, 5.41) is 15.6. The minimum absolute atomic E-state index is 0.205. The van der Waals surface area contributed by atoms with Crippen molar-refractivity contribution in [2.45, 2.75) is 0 Å². The highest BCUT2D eigenvalue weighted by Gasteiger charge is 2.19. The van der Waals surface area contributed by atoms with Gasteiger partial charge in [-0.3, -0.25) is 4.79 Å². The Bertz CT molecular complexity index is 1260. The molecular formula is C22H15N5OS2. The van der Waals surface area contributed by atoms with E-state index in [0.717, 1.165) is 21.8 Å². The number of rotatable bonds is 5. The van der Waals surface area contributed by atoms with Gasteiger partial charge in [-0.1, -0.05) is 40.9 Å². The summed E-state index contributed by atoms with van der Waals surface area (Å²) in [6.45, 7) is 0. The fraction of sp³-hybridized carbons (Fsp3) is 0. The Labute approximate surface area is 180 Å². The lowest BCUT2D eigenvalue weighted by Crippen LogP contribution is -2.12. The Kier molecular flexibility index (Phi) is 4.92. The van der Waals surface area contributed by atoms with E-state index >= 15 is 0 Å². The summed E-state index contributed by atoms with van der Waals surface area (Å²) in [6.07, 6.45) is 1.77. The third kappa shape index (κ3) is 3.66. The van der Waals surface area contributed by atoms with E-state index in [2.05, 4.69) is 20.0 Å². The molecule has 0 bridgehead atoms. The van der Waals surface area contributed by atoms with E-state index in [1.165, 1.54) is 11.5 Å². The van der Waals surface area contributed by atoms with Crippen LogP contribution < -0.4 is 5.32 Å². The second-order valence-corrected chi connectivity index (χ2v) is 8.03. The van der Waals surface area contributed by atoms with Crippen LogP contribution in [0.1, 0.15) is 10.4 Å². The largest absolute Gasteiger partial charge is 0.322 e. The van der Waals surface area contributed by atoms with E-state index in [1.807, 2.05) is 77.5 Å². The van der Waals surface area contributed by atoms with Gasteiger partial charge in [0.1, 0.15) is 11.4 Å². The first kappa shape index (κ1) is 18.4. The highest BCUT2D eigenvalue weighted by Crippen LogP contribution is 2.29. The monoisotopic (exact) mass is 429 g/mol. The van der Waals surface area contributed by atoms with Crippen LogP contribution in [-0.2, 0) is 0 Å². The topological polar surface area (TPSA) is 72.7 Å². The number of para-hydroxylation sites is 1. The fourth-order valence-electron chi connectivity index (χ4n) is 3.06. The van der Waals surface area contributed by atoms with Crippen LogP contribution in [0, 0.1) is 0 Å². The fourth-order valence-corrected chi connectivity index (χ4v) is 4.25. The number of carbonyl (C=O) groups is 1. The summed E-state index contributed by atoms with van der Waals surface area (Å²) in [5.74, 6) is -0.205. The molecule has 0 saturated heterocycles. The number of anilines is 1. The lowest BCUT2D eigenvalue weighted by molar-refractivity contribution is 0.102. The van der Waals surface area contributed by atoms with E-state index in [-0.39, 0.29) is 5.91 Å². The number of amides is 1. The zero-order valence-electron chi connectivity index (χ0n) is 15.6. The Morgan fingerprint density at radius 1 is 0.967 bits per heavy atom. The number of nitrogens with zero attached hydrogens (tertiary/aromatic N) is 4. The Hall–Kier alpha value is -3.62. The maximum atomic E-state index is 13.1. The molecule has 0 atom stereocenters. The first-order chi connectivity index (χ1) is 14.8. The molecule has 1 amide bonds. The van der Waals surface area contributed by atoms with Crippen LogP contribution in [0.15, 0.2) is 83.7 Å². The van der Waals surface area contributed by atoms with Crippen molar-refractivity contribution in [3.8, 4) is 27.5 Å². The number of hydrogen-bond donors (Lipinski definition) is 1. The van der Waals surface area contributed by atoms with Gasteiger partial charge in [-0.25, -0.2) is 4.68 Å². The summed E-state index contributed by atoms with van der Waals surface area (Å²) in [5.41, 5.74) is 4.57. The van der Waals surface area contributed by atoms with Crippen LogP contribution >= 0.6 is 22.9 Å². The summed E-state index contributed by atoms with van der Waals surface area (Å²) >= 11 is 2.86. The lowest BCUT2D eigenvalue weighted by Gasteiger charge is -2.05. The molecule has 0 unspecified atom stereocenters. The summed E-state index contributed by atoms with van der Waals surface area (Å²) in [4.78, 5) is 14.1. The quantitative estimate of drug-likeness (QED) is 0.408. The molecule has 5 aromatic rings. The molecule has 1 N–H and O–H groups in total. The van der Waals surface area contributed by atoms with Crippen LogP contribution in [0.2, 0.25) is 0 Å². The number of carbonyl (C=O) groups excluding carboxylic acids is 1. The van der Waals surface area contributed by atoms with Crippen molar-refractivity contribution in [3.63, 3.8) is 0 Å². The van der Waals surface area contributed by atoms with Gasteiger partial charge in [-0.2, -0.15) is 5.10 Å². The molecule has 2 aromatic carbocycles. The first-order valence-electron chi connectivity index (χ1n) is 9.16. The second-order valence-electron chi connectivity index (χ2n) is 6.47. The van der Waals surface area contributed by atoms with Gasteiger partial charge in [0.05, 0.1) is 16.1 Å². The second kappa shape index (κ2) is 8.02. The van der Waals surface area contributed by atoms with Crippen LogP contribution in [0.5, 0.6) is 0 Å². The molecule has 146 valence electrons.